The molecule has 8 nitrogen and oxygen atoms in total. The zero-order valence-electron chi connectivity index (χ0n) is 16.8. The molecule has 0 bridgehead atoms. The zero-order valence-corrected chi connectivity index (χ0v) is 18.4. The number of aromatic nitrogens is 1. The number of benzene rings is 1. The average molecular weight is 449 g/mol. The summed E-state index contributed by atoms with van der Waals surface area (Å²) in [5.74, 6) is -0.697. The molecule has 1 aromatic heterocycles. The van der Waals surface area contributed by atoms with Gasteiger partial charge < -0.3 is 15.3 Å². The molecule has 1 aromatic carbocycles. The van der Waals surface area contributed by atoms with Crippen molar-refractivity contribution >= 4 is 51.8 Å². The van der Waals surface area contributed by atoms with Crippen molar-refractivity contribution in [2.45, 2.75) is 42.4 Å². The molecular weight excluding hydrogens is 424 g/mol. The number of thiazole rings is 1. The molecule has 160 valence electrons. The lowest BCUT2D eigenvalue weighted by Gasteiger charge is -2.24. The van der Waals surface area contributed by atoms with Crippen molar-refractivity contribution in [3.8, 4) is 0 Å². The monoisotopic (exact) mass is 448 g/mol. The number of carboxylic acids is 1. The topological polar surface area (TPSA) is 112 Å². The van der Waals surface area contributed by atoms with Gasteiger partial charge in [-0.15, -0.1) is 11.8 Å². The maximum atomic E-state index is 12.6. The number of hydrogen-bond donors (Lipinski definition) is 3. The molecule has 0 radical (unpaired) electrons. The lowest BCUT2D eigenvalue weighted by Crippen LogP contribution is -2.38. The van der Waals surface area contributed by atoms with Crippen LogP contribution < -0.4 is 10.6 Å². The molecule has 0 spiro atoms. The number of thioether (sulfide) groups is 1. The van der Waals surface area contributed by atoms with Crippen molar-refractivity contribution < 1.29 is 19.5 Å². The van der Waals surface area contributed by atoms with Crippen molar-refractivity contribution in [1.82, 2.24) is 9.88 Å². The molecule has 2 atom stereocenters. The highest BCUT2D eigenvalue weighted by atomic mass is 32.2. The molecule has 10 heteroatoms. The number of nitrogens with one attached hydrogen (secondary N) is 2. The van der Waals surface area contributed by atoms with E-state index in [1.165, 1.54) is 30.0 Å². The van der Waals surface area contributed by atoms with E-state index in [2.05, 4.69) is 21.7 Å². The standard InChI is InChI=1S/C20H24N4O4S2/c1-12(25)22-15-5-3-4-13(8-15)14-6-7-16(9-14)24(2)20(28)23-19-21-10-18(30-19)29-11-17(26)27/h3-5,8,10,14,16H,6-7,9,11H2,1-2H3,(H,22,25)(H,26,27)(H,21,23,28). The molecule has 1 aliphatic rings. The molecule has 1 aliphatic carbocycles. The second-order valence-corrected chi connectivity index (χ2v) is 9.48. The Kier molecular flexibility index (Phi) is 7.33. The van der Waals surface area contributed by atoms with E-state index in [4.69, 9.17) is 5.11 Å². The molecule has 2 aromatic rings. The first-order chi connectivity index (χ1) is 14.3. The fraction of sp³-hybridized carbons (Fsp3) is 0.400. The Morgan fingerprint density at radius 2 is 2.10 bits per heavy atom. The smallest absolute Gasteiger partial charge is 0.323 e. The van der Waals surface area contributed by atoms with Gasteiger partial charge in [0, 0.05) is 25.7 Å². The quantitative estimate of drug-likeness (QED) is 0.551. The van der Waals surface area contributed by atoms with Gasteiger partial charge in [-0.25, -0.2) is 9.78 Å². The summed E-state index contributed by atoms with van der Waals surface area (Å²) < 4.78 is 0.746. The maximum absolute atomic E-state index is 12.6. The normalized spacial score (nSPS) is 18.1. The van der Waals surface area contributed by atoms with Crippen LogP contribution in [0.1, 0.15) is 37.7 Å². The Hall–Kier alpha value is -2.59. The molecule has 0 saturated heterocycles. The second kappa shape index (κ2) is 9.94. The van der Waals surface area contributed by atoms with Crippen LogP contribution in [0.2, 0.25) is 0 Å². The summed E-state index contributed by atoms with van der Waals surface area (Å²) in [7, 11) is 1.78. The van der Waals surface area contributed by atoms with Gasteiger partial charge in [-0.3, -0.25) is 14.9 Å². The van der Waals surface area contributed by atoms with Crippen LogP contribution in [0.25, 0.3) is 0 Å². The van der Waals surface area contributed by atoms with Crippen LogP contribution >= 0.6 is 23.1 Å². The van der Waals surface area contributed by atoms with Crippen LogP contribution in [0.4, 0.5) is 15.6 Å². The van der Waals surface area contributed by atoms with E-state index < -0.39 is 5.97 Å². The van der Waals surface area contributed by atoms with Gasteiger partial charge in [-0.2, -0.15) is 0 Å². The third-order valence-electron chi connectivity index (χ3n) is 4.99. The van der Waals surface area contributed by atoms with Crippen LogP contribution in [0.5, 0.6) is 0 Å². The van der Waals surface area contributed by atoms with E-state index in [1.807, 2.05) is 18.2 Å². The summed E-state index contributed by atoms with van der Waals surface area (Å²) in [6.07, 6.45) is 4.29. The molecule has 1 saturated carbocycles. The van der Waals surface area contributed by atoms with E-state index in [1.54, 1.807) is 18.1 Å². The average Bonchev–Trinajstić information content (AvgIpc) is 3.35. The highest BCUT2D eigenvalue weighted by Gasteiger charge is 2.31. The van der Waals surface area contributed by atoms with E-state index in [0.29, 0.717) is 11.0 Å². The molecule has 0 aliphatic heterocycles. The molecule has 2 unspecified atom stereocenters. The van der Waals surface area contributed by atoms with Crippen molar-refractivity contribution in [3.63, 3.8) is 0 Å². The Morgan fingerprint density at radius 1 is 1.30 bits per heavy atom. The Morgan fingerprint density at radius 3 is 2.83 bits per heavy atom. The van der Waals surface area contributed by atoms with Crippen molar-refractivity contribution in [2.24, 2.45) is 0 Å². The Labute approximate surface area is 183 Å². The van der Waals surface area contributed by atoms with Gasteiger partial charge in [-0.1, -0.05) is 23.5 Å². The highest BCUT2D eigenvalue weighted by Crippen LogP contribution is 2.37. The number of rotatable bonds is 7. The summed E-state index contributed by atoms with van der Waals surface area (Å²) >= 11 is 2.44. The molecule has 30 heavy (non-hydrogen) atoms. The summed E-state index contributed by atoms with van der Waals surface area (Å²) in [6, 6.07) is 7.75. The van der Waals surface area contributed by atoms with Gasteiger partial charge in [0.2, 0.25) is 5.91 Å². The van der Waals surface area contributed by atoms with Gasteiger partial charge in [-0.05, 0) is 42.9 Å². The fourth-order valence-corrected chi connectivity index (χ4v) is 5.13. The highest BCUT2D eigenvalue weighted by molar-refractivity contribution is 8.01. The Bertz CT molecular complexity index is 933. The lowest BCUT2D eigenvalue weighted by molar-refractivity contribution is -0.133. The number of hydrogen-bond acceptors (Lipinski definition) is 6. The maximum Gasteiger partial charge on any atom is 0.323 e. The molecule has 3 rings (SSSR count). The minimum Gasteiger partial charge on any atom is -0.481 e. The molecule has 3 amide bonds. The second-order valence-electron chi connectivity index (χ2n) is 7.18. The first-order valence-corrected chi connectivity index (χ1v) is 11.3. The first-order valence-electron chi connectivity index (χ1n) is 9.53. The number of carbonyl (C=O) groups excluding carboxylic acids is 2. The molecule has 3 N–H and O–H groups in total. The molecular formula is C20H24N4O4S2. The minimum atomic E-state index is -0.892. The fourth-order valence-electron chi connectivity index (χ4n) is 3.55. The third-order valence-corrected chi connectivity index (χ3v) is 7.08. The zero-order chi connectivity index (χ0) is 21.7. The van der Waals surface area contributed by atoms with Gasteiger partial charge in [0.1, 0.15) is 0 Å². The number of amides is 3. The number of carboxylic acid groups (broad SMARTS) is 1. The van der Waals surface area contributed by atoms with Crippen LogP contribution in [-0.2, 0) is 9.59 Å². The van der Waals surface area contributed by atoms with Crippen molar-refractivity contribution in [3.05, 3.63) is 36.0 Å². The van der Waals surface area contributed by atoms with Crippen LogP contribution in [0.15, 0.2) is 34.7 Å². The number of carbonyl (C=O) groups is 3. The van der Waals surface area contributed by atoms with Crippen LogP contribution in [0, 0.1) is 0 Å². The summed E-state index contributed by atoms with van der Waals surface area (Å²) in [6.45, 7) is 1.49. The Balaban J connectivity index is 1.55. The number of aliphatic carboxylic acids is 1. The largest absolute Gasteiger partial charge is 0.481 e. The molecule has 1 fully saturated rings. The van der Waals surface area contributed by atoms with E-state index in [-0.39, 0.29) is 23.7 Å². The number of urea groups is 1. The number of anilines is 2. The van der Waals surface area contributed by atoms with Crippen LogP contribution in [0.3, 0.4) is 0 Å². The van der Waals surface area contributed by atoms with Crippen molar-refractivity contribution in [1.29, 1.82) is 0 Å². The third kappa shape index (κ3) is 5.96. The van der Waals surface area contributed by atoms with E-state index >= 15 is 0 Å². The number of nitrogens with zero attached hydrogens (tertiary/aromatic N) is 2. The minimum absolute atomic E-state index is 0.0396. The SMILES string of the molecule is CC(=O)Nc1cccc(C2CCC(N(C)C(=O)Nc3ncc(SCC(=O)O)s3)C2)c1. The first kappa shape index (κ1) is 22.1. The van der Waals surface area contributed by atoms with Crippen LogP contribution in [-0.4, -0.2) is 51.7 Å². The van der Waals surface area contributed by atoms with Gasteiger partial charge in [0.05, 0.1) is 16.2 Å². The van der Waals surface area contributed by atoms with Crippen molar-refractivity contribution in [2.75, 3.05) is 23.4 Å². The van der Waals surface area contributed by atoms with Gasteiger partial charge in [0.25, 0.3) is 0 Å². The summed E-state index contributed by atoms with van der Waals surface area (Å²) in [5, 5.41) is 14.8. The van der Waals surface area contributed by atoms with Gasteiger partial charge in [0.15, 0.2) is 5.13 Å². The summed E-state index contributed by atoms with van der Waals surface area (Å²) in [4.78, 5) is 40.4. The predicted molar refractivity (Wildman–Crippen MR) is 118 cm³/mol. The lowest BCUT2D eigenvalue weighted by atomic mass is 9.97. The van der Waals surface area contributed by atoms with E-state index in [0.717, 1.165) is 34.7 Å². The summed E-state index contributed by atoms with van der Waals surface area (Å²) in [5.41, 5.74) is 1.95. The molecule has 1 heterocycles. The predicted octanol–water partition coefficient (Wildman–Crippen LogP) is 4.08. The van der Waals surface area contributed by atoms with Gasteiger partial charge >= 0.3 is 12.0 Å². The van der Waals surface area contributed by atoms with E-state index in [9.17, 15) is 14.4 Å².